The Morgan fingerprint density at radius 3 is 1.42 bits per heavy atom. The molecule has 0 aliphatic heterocycles. The van der Waals surface area contributed by atoms with Crippen LogP contribution in [0.5, 0.6) is 0 Å². The van der Waals surface area contributed by atoms with Crippen LogP contribution in [0.1, 0.15) is 99.3 Å². The van der Waals surface area contributed by atoms with Crippen molar-refractivity contribution in [1.82, 2.24) is 0 Å². The topological polar surface area (TPSA) is 0 Å². The van der Waals surface area contributed by atoms with Crippen LogP contribution in [0, 0.1) is 23.7 Å². The molecule has 0 heterocycles. The van der Waals surface area contributed by atoms with Crippen LogP contribution < -0.4 is 0 Å². The van der Waals surface area contributed by atoms with Gasteiger partial charge in [0, 0.05) is 0 Å². The monoisotopic (exact) mass is 268 g/mol. The van der Waals surface area contributed by atoms with E-state index >= 15 is 0 Å². The smallest absolute Gasteiger partial charge is 0.0409 e. The van der Waals surface area contributed by atoms with Crippen molar-refractivity contribution in [3.63, 3.8) is 0 Å². The molecule has 0 aromatic carbocycles. The lowest BCUT2D eigenvalue weighted by molar-refractivity contribution is 0.193. The first-order chi connectivity index (χ1) is 8.73. The van der Waals surface area contributed by atoms with Crippen LogP contribution in [0.15, 0.2) is 0 Å². The summed E-state index contributed by atoms with van der Waals surface area (Å²) in [4.78, 5) is 0. The van der Waals surface area contributed by atoms with E-state index in [1.165, 1.54) is 57.8 Å². The Labute approximate surface area is 123 Å². The van der Waals surface area contributed by atoms with Crippen molar-refractivity contribution in [3.8, 4) is 0 Å². The molecule has 0 N–H and O–H groups in total. The van der Waals surface area contributed by atoms with Gasteiger partial charge in [0.1, 0.15) is 0 Å². The molecule has 1 rings (SSSR count). The Kier molecular flexibility index (Phi) is 10.7. The van der Waals surface area contributed by atoms with Gasteiger partial charge in [0.15, 0.2) is 0 Å². The van der Waals surface area contributed by atoms with Gasteiger partial charge in [-0.15, -0.1) is 0 Å². The molecule has 0 heteroatoms. The summed E-state index contributed by atoms with van der Waals surface area (Å²) in [5.41, 5.74) is 0. The highest BCUT2D eigenvalue weighted by atomic mass is 14.3. The highest BCUT2D eigenvalue weighted by molar-refractivity contribution is 4.77. The van der Waals surface area contributed by atoms with Crippen molar-refractivity contribution in [1.29, 1.82) is 0 Å². The van der Waals surface area contributed by atoms with Gasteiger partial charge in [0.05, 0.1) is 0 Å². The third-order valence-electron chi connectivity index (χ3n) is 5.53. The molecule has 0 nitrogen and oxygen atoms in total. The van der Waals surface area contributed by atoms with Crippen LogP contribution >= 0.6 is 0 Å². The molecule has 0 aromatic heterocycles. The Morgan fingerprint density at radius 2 is 1.11 bits per heavy atom. The van der Waals surface area contributed by atoms with Gasteiger partial charge in [-0.2, -0.15) is 0 Å². The Hall–Kier alpha value is 0. The van der Waals surface area contributed by atoms with Gasteiger partial charge >= 0.3 is 0 Å². The van der Waals surface area contributed by atoms with Crippen LogP contribution in [0.2, 0.25) is 0 Å². The van der Waals surface area contributed by atoms with Gasteiger partial charge in [0.25, 0.3) is 0 Å². The summed E-state index contributed by atoms with van der Waals surface area (Å²) in [6.07, 6.45) is 14.7. The van der Waals surface area contributed by atoms with Gasteiger partial charge < -0.3 is 0 Å². The van der Waals surface area contributed by atoms with Crippen molar-refractivity contribution in [2.24, 2.45) is 23.7 Å². The zero-order chi connectivity index (χ0) is 13.4. The first-order valence-electron chi connectivity index (χ1n) is 8.73. The fraction of sp³-hybridized carbons (Fsp3) is 1.00. The molecule has 0 radical (unpaired) electrons. The minimum absolute atomic E-state index is 0. The van der Waals surface area contributed by atoms with E-state index in [1.54, 1.807) is 6.42 Å². The minimum Gasteiger partial charge on any atom is -0.0776 e. The number of rotatable bonds is 8. The van der Waals surface area contributed by atoms with Crippen molar-refractivity contribution in [2.75, 3.05) is 0 Å². The van der Waals surface area contributed by atoms with E-state index < -0.39 is 0 Å². The summed E-state index contributed by atoms with van der Waals surface area (Å²) in [7, 11) is 0. The van der Waals surface area contributed by atoms with E-state index in [0.29, 0.717) is 0 Å². The van der Waals surface area contributed by atoms with Crippen LogP contribution in [-0.4, -0.2) is 0 Å². The van der Waals surface area contributed by atoms with Gasteiger partial charge in [-0.3, -0.25) is 0 Å². The zero-order valence-electron chi connectivity index (χ0n) is 13.4. The summed E-state index contributed by atoms with van der Waals surface area (Å²) >= 11 is 0. The third-order valence-corrected chi connectivity index (χ3v) is 5.53. The summed E-state index contributed by atoms with van der Waals surface area (Å²) in [6, 6.07) is 0. The minimum atomic E-state index is 0. The lowest BCUT2D eigenvalue weighted by Crippen LogP contribution is -2.20. The molecule has 1 fully saturated rings. The fourth-order valence-electron chi connectivity index (χ4n) is 4.02. The summed E-state index contributed by atoms with van der Waals surface area (Å²) in [5, 5.41) is 0. The molecule has 0 saturated heterocycles. The van der Waals surface area contributed by atoms with Crippen molar-refractivity contribution < 1.29 is 0 Å². The van der Waals surface area contributed by atoms with E-state index in [1.807, 2.05) is 0 Å². The van der Waals surface area contributed by atoms with E-state index in [0.717, 1.165) is 23.7 Å². The van der Waals surface area contributed by atoms with Crippen LogP contribution in [-0.2, 0) is 0 Å². The summed E-state index contributed by atoms with van der Waals surface area (Å²) in [5.74, 6) is 4.12. The highest BCUT2D eigenvalue weighted by Gasteiger charge is 2.25. The molecule has 1 aliphatic carbocycles. The first-order valence-corrected chi connectivity index (χ1v) is 8.73. The second-order valence-electron chi connectivity index (χ2n) is 6.74. The fourth-order valence-corrected chi connectivity index (χ4v) is 4.02. The molecule has 0 aromatic rings. The lowest BCUT2D eigenvalue weighted by atomic mass is 9.73. The van der Waals surface area contributed by atoms with Gasteiger partial charge in [0.2, 0.25) is 0 Å². The molecule has 19 heavy (non-hydrogen) atoms. The maximum Gasteiger partial charge on any atom is -0.0409 e. The van der Waals surface area contributed by atoms with Gasteiger partial charge in [-0.05, 0) is 42.9 Å². The Bertz CT molecular complexity index is 168. The number of hydrogen-bond donors (Lipinski definition) is 0. The maximum absolute atomic E-state index is 2.37. The van der Waals surface area contributed by atoms with Crippen LogP contribution in [0.25, 0.3) is 0 Å². The van der Waals surface area contributed by atoms with E-state index in [2.05, 4.69) is 27.7 Å². The van der Waals surface area contributed by atoms with Gasteiger partial charge in [-0.25, -0.2) is 0 Å². The van der Waals surface area contributed by atoms with Crippen LogP contribution in [0.4, 0.5) is 0 Å². The molecule has 1 saturated carbocycles. The van der Waals surface area contributed by atoms with Crippen molar-refractivity contribution in [2.45, 2.75) is 99.3 Å². The Balaban J connectivity index is 0.00000324. The van der Waals surface area contributed by atoms with E-state index in [4.69, 9.17) is 0 Å². The molecule has 2 unspecified atom stereocenters. The number of hydrogen-bond acceptors (Lipinski definition) is 0. The standard InChI is InChI=1S/C18H36.CH4/c1-5-15(6-2)12-17-10-9-11-18(14-17)13-16(7-3)8-4;/h15-18H,5-14H2,1-4H3;1H4. The van der Waals surface area contributed by atoms with Crippen LogP contribution in [0.3, 0.4) is 0 Å². The average molecular weight is 269 g/mol. The van der Waals surface area contributed by atoms with Crippen molar-refractivity contribution in [3.05, 3.63) is 0 Å². The molecule has 1 aliphatic rings. The SMILES string of the molecule is C.CCC(CC)CC1CCCC(CC(CC)CC)C1. The molecular weight excluding hydrogens is 228 g/mol. The second kappa shape index (κ2) is 10.7. The molecule has 0 amide bonds. The molecule has 0 bridgehead atoms. The normalized spacial score (nSPS) is 23.7. The second-order valence-corrected chi connectivity index (χ2v) is 6.74. The first kappa shape index (κ1) is 19.0. The predicted octanol–water partition coefficient (Wildman–Crippen LogP) is 7.08. The van der Waals surface area contributed by atoms with Crippen molar-refractivity contribution >= 4 is 0 Å². The Morgan fingerprint density at radius 1 is 0.737 bits per heavy atom. The molecule has 2 atom stereocenters. The molecule has 0 spiro atoms. The van der Waals surface area contributed by atoms with Gasteiger partial charge in [-0.1, -0.05) is 80.1 Å². The average Bonchev–Trinajstić information content (AvgIpc) is 2.42. The summed E-state index contributed by atoms with van der Waals surface area (Å²) in [6.45, 7) is 9.49. The zero-order valence-corrected chi connectivity index (χ0v) is 13.4. The maximum atomic E-state index is 2.37. The predicted molar refractivity (Wildman–Crippen MR) is 89.6 cm³/mol. The van der Waals surface area contributed by atoms with E-state index in [-0.39, 0.29) is 7.43 Å². The highest BCUT2D eigenvalue weighted by Crippen LogP contribution is 2.38. The lowest BCUT2D eigenvalue weighted by Gasteiger charge is -2.33. The third kappa shape index (κ3) is 6.82. The quantitative estimate of drug-likeness (QED) is 0.441. The molecular formula is C19H40. The van der Waals surface area contributed by atoms with E-state index in [9.17, 15) is 0 Å². The summed E-state index contributed by atoms with van der Waals surface area (Å²) < 4.78 is 0. The molecule has 116 valence electrons. The largest absolute Gasteiger partial charge is 0.0776 e.